The molecule has 33 heavy (non-hydrogen) atoms. The molecule has 2 aliphatic heterocycles. The first-order valence-corrected chi connectivity index (χ1v) is 10.9. The first kappa shape index (κ1) is 22.7. The van der Waals surface area contributed by atoms with Crippen LogP contribution in [0.4, 0.5) is 4.79 Å². The number of hydrogen-bond donors (Lipinski definition) is 0. The van der Waals surface area contributed by atoms with E-state index in [2.05, 4.69) is 9.97 Å². The molecule has 2 aromatic rings. The number of fused-ring (bicyclic) bond motifs is 1. The topological polar surface area (TPSA) is 109 Å². The molecule has 9 heteroatoms. The zero-order chi connectivity index (χ0) is 23.8. The Morgan fingerprint density at radius 1 is 1.21 bits per heavy atom. The SMILES string of the molecule is COC[C@@H]1C[C@@H](N2Cc3ccc(-c4cccc(C#N)n4)nc3C2=O)CN1C(=O)OC(C)(C)C. The molecule has 2 aliphatic rings. The van der Waals surface area contributed by atoms with Gasteiger partial charge in [0.05, 0.1) is 30.1 Å². The third-order valence-electron chi connectivity index (χ3n) is 5.73. The van der Waals surface area contributed by atoms with Gasteiger partial charge in [0.2, 0.25) is 0 Å². The predicted molar refractivity (Wildman–Crippen MR) is 119 cm³/mol. The summed E-state index contributed by atoms with van der Waals surface area (Å²) >= 11 is 0. The Kier molecular flexibility index (Phi) is 6.04. The molecule has 1 fully saturated rings. The molecule has 172 valence electrons. The van der Waals surface area contributed by atoms with Crippen molar-refractivity contribution in [2.45, 2.75) is 51.4 Å². The summed E-state index contributed by atoms with van der Waals surface area (Å²) in [5, 5.41) is 9.10. The van der Waals surface area contributed by atoms with E-state index >= 15 is 0 Å². The standard InChI is InChI=1S/C24H27N5O4/c1-24(2,3)33-23(31)29-13-17(10-18(29)14-32-4)28-12-15-8-9-20(27-21(15)22(28)30)19-7-5-6-16(11-25)26-19/h5-9,17-18H,10,12-14H2,1-4H3/t17-,18+/m1/s1. The summed E-state index contributed by atoms with van der Waals surface area (Å²) in [6, 6.07) is 10.5. The second-order valence-electron chi connectivity index (χ2n) is 9.29. The second kappa shape index (κ2) is 8.79. The van der Waals surface area contributed by atoms with E-state index in [-0.39, 0.29) is 18.0 Å². The average Bonchev–Trinajstić information content (AvgIpc) is 3.34. The van der Waals surface area contributed by atoms with Crippen molar-refractivity contribution >= 4 is 12.0 Å². The maximum Gasteiger partial charge on any atom is 0.410 e. The van der Waals surface area contributed by atoms with Crippen LogP contribution < -0.4 is 0 Å². The molecule has 2 atom stereocenters. The van der Waals surface area contributed by atoms with Gasteiger partial charge in [-0.3, -0.25) is 4.79 Å². The fourth-order valence-electron chi connectivity index (χ4n) is 4.28. The van der Waals surface area contributed by atoms with Gasteiger partial charge in [-0.15, -0.1) is 0 Å². The predicted octanol–water partition coefficient (Wildman–Crippen LogP) is 3.00. The van der Waals surface area contributed by atoms with E-state index in [1.165, 1.54) is 0 Å². The highest BCUT2D eigenvalue weighted by molar-refractivity contribution is 5.97. The molecule has 0 radical (unpaired) electrons. The first-order valence-electron chi connectivity index (χ1n) is 10.9. The molecule has 0 aliphatic carbocycles. The summed E-state index contributed by atoms with van der Waals surface area (Å²) in [5.74, 6) is -0.171. The summed E-state index contributed by atoms with van der Waals surface area (Å²) in [6.45, 7) is 6.66. The Hall–Kier alpha value is -3.51. The molecule has 4 rings (SSSR count). The number of hydrogen-bond acceptors (Lipinski definition) is 7. The molecule has 0 N–H and O–H groups in total. The van der Waals surface area contributed by atoms with Crippen molar-refractivity contribution in [2.24, 2.45) is 0 Å². The molecule has 2 aromatic heterocycles. The molecule has 0 bridgehead atoms. The lowest BCUT2D eigenvalue weighted by molar-refractivity contribution is 0.0140. The van der Waals surface area contributed by atoms with E-state index in [9.17, 15) is 9.59 Å². The van der Waals surface area contributed by atoms with Crippen LogP contribution in [0, 0.1) is 11.3 Å². The van der Waals surface area contributed by atoms with E-state index in [0.717, 1.165) is 5.56 Å². The van der Waals surface area contributed by atoms with Crippen molar-refractivity contribution in [3.63, 3.8) is 0 Å². The normalized spacial score (nSPS) is 20.0. The van der Waals surface area contributed by atoms with E-state index < -0.39 is 11.7 Å². The number of rotatable bonds is 4. The highest BCUT2D eigenvalue weighted by Gasteiger charge is 2.44. The van der Waals surface area contributed by atoms with Crippen molar-refractivity contribution in [2.75, 3.05) is 20.3 Å². The number of aromatic nitrogens is 2. The molecule has 0 spiro atoms. The second-order valence-corrected chi connectivity index (χ2v) is 9.29. The van der Waals surface area contributed by atoms with Gasteiger partial charge in [-0.1, -0.05) is 12.1 Å². The van der Waals surface area contributed by atoms with Crippen LogP contribution in [-0.4, -0.2) is 69.7 Å². The third-order valence-corrected chi connectivity index (χ3v) is 5.73. The third kappa shape index (κ3) is 4.66. The first-order chi connectivity index (χ1) is 15.7. The van der Waals surface area contributed by atoms with E-state index in [4.69, 9.17) is 14.7 Å². The van der Waals surface area contributed by atoms with Gasteiger partial charge >= 0.3 is 6.09 Å². The Labute approximate surface area is 192 Å². The van der Waals surface area contributed by atoms with Crippen LogP contribution in [0.25, 0.3) is 11.4 Å². The number of carbonyl (C=O) groups is 2. The maximum absolute atomic E-state index is 13.3. The Morgan fingerprint density at radius 2 is 1.97 bits per heavy atom. The minimum absolute atomic E-state index is 0.164. The highest BCUT2D eigenvalue weighted by Crippen LogP contribution is 2.32. The molecule has 9 nitrogen and oxygen atoms in total. The lowest BCUT2D eigenvalue weighted by Crippen LogP contribution is -2.43. The molecule has 2 amide bonds. The van der Waals surface area contributed by atoms with Crippen LogP contribution in [0.1, 0.15) is 48.9 Å². The number of carbonyl (C=O) groups excluding carboxylic acids is 2. The van der Waals surface area contributed by atoms with Crippen molar-refractivity contribution in [3.8, 4) is 17.5 Å². The summed E-state index contributed by atoms with van der Waals surface area (Å²) in [6.07, 6.45) is 0.200. The average molecular weight is 450 g/mol. The Morgan fingerprint density at radius 3 is 2.67 bits per heavy atom. The van der Waals surface area contributed by atoms with E-state index in [1.807, 2.05) is 39.0 Å². The Balaban J connectivity index is 1.54. The number of pyridine rings is 2. The van der Waals surface area contributed by atoms with Crippen molar-refractivity contribution < 1.29 is 19.1 Å². The summed E-state index contributed by atoms with van der Waals surface area (Å²) in [4.78, 5) is 38.3. The van der Waals surface area contributed by atoms with Crippen LogP contribution >= 0.6 is 0 Å². The number of ether oxygens (including phenoxy) is 2. The molecule has 0 saturated carbocycles. The van der Waals surface area contributed by atoms with Crippen LogP contribution in [0.5, 0.6) is 0 Å². The molecule has 1 saturated heterocycles. The van der Waals surface area contributed by atoms with Gasteiger partial charge in [0.1, 0.15) is 23.1 Å². The Bertz CT molecular complexity index is 1120. The molecule has 0 unspecified atom stereocenters. The fraction of sp³-hybridized carbons (Fsp3) is 0.458. The van der Waals surface area contributed by atoms with Gasteiger partial charge in [-0.25, -0.2) is 14.8 Å². The number of likely N-dealkylation sites (tertiary alicyclic amines) is 1. The van der Waals surface area contributed by atoms with E-state index in [1.54, 1.807) is 35.1 Å². The minimum atomic E-state index is -0.607. The zero-order valence-corrected chi connectivity index (χ0v) is 19.2. The van der Waals surface area contributed by atoms with Crippen LogP contribution in [0.3, 0.4) is 0 Å². The largest absolute Gasteiger partial charge is 0.444 e. The van der Waals surface area contributed by atoms with Crippen molar-refractivity contribution in [3.05, 3.63) is 47.3 Å². The monoisotopic (exact) mass is 449 g/mol. The quantitative estimate of drug-likeness (QED) is 0.706. The van der Waals surface area contributed by atoms with E-state index in [0.29, 0.717) is 48.9 Å². The molecule has 4 heterocycles. The van der Waals surface area contributed by atoms with Gasteiger partial charge < -0.3 is 19.3 Å². The van der Waals surface area contributed by atoms with Crippen molar-refractivity contribution in [1.82, 2.24) is 19.8 Å². The molecular formula is C24H27N5O4. The number of amides is 2. The lowest BCUT2D eigenvalue weighted by Gasteiger charge is -2.28. The fourth-order valence-corrected chi connectivity index (χ4v) is 4.28. The van der Waals surface area contributed by atoms with Gasteiger partial charge in [-0.05, 0) is 45.4 Å². The van der Waals surface area contributed by atoms with Gasteiger partial charge in [0.15, 0.2) is 0 Å². The number of nitrogens with zero attached hydrogens (tertiary/aromatic N) is 5. The van der Waals surface area contributed by atoms with Gasteiger partial charge in [0.25, 0.3) is 5.91 Å². The van der Waals surface area contributed by atoms with Crippen LogP contribution in [0.2, 0.25) is 0 Å². The summed E-state index contributed by atoms with van der Waals surface area (Å²) in [5.41, 5.74) is 1.99. The van der Waals surface area contributed by atoms with Crippen molar-refractivity contribution in [1.29, 1.82) is 5.26 Å². The van der Waals surface area contributed by atoms with Gasteiger partial charge in [0, 0.05) is 25.8 Å². The van der Waals surface area contributed by atoms with Crippen LogP contribution in [0.15, 0.2) is 30.3 Å². The summed E-state index contributed by atoms with van der Waals surface area (Å²) in [7, 11) is 1.60. The minimum Gasteiger partial charge on any atom is -0.444 e. The molecule has 0 aromatic carbocycles. The van der Waals surface area contributed by atoms with Gasteiger partial charge in [-0.2, -0.15) is 5.26 Å². The zero-order valence-electron chi connectivity index (χ0n) is 19.2. The maximum atomic E-state index is 13.3. The highest BCUT2D eigenvalue weighted by atomic mass is 16.6. The smallest absolute Gasteiger partial charge is 0.410 e. The lowest BCUT2D eigenvalue weighted by atomic mass is 10.1. The number of methoxy groups -OCH3 is 1. The molecular weight excluding hydrogens is 422 g/mol. The van der Waals surface area contributed by atoms with Crippen LogP contribution in [-0.2, 0) is 16.0 Å². The number of nitriles is 1. The summed E-state index contributed by atoms with van der Waals surface area (Å²) < 4.78 is 10.9.